The molecule has 2 nitrogen and oxygen atoms in total. The van der Waals surface area contributed by atoms with Gasteiger partial charge in [0.2, 0.25) is 0 Å². The molecule has 2 fully saturated rings. The Labute approximate surface area is 117 Å². The van der Waals surface area contributed by atoms with Crippen LogP contribution in [0.4, 0.5) is 0 Å². The van der Waals surface area contributed by atoms with Gasteiger partial charge in [0.1, 0.15) is 0 Å². The average molecular weight is 283 g/mol. The summed E-state index contributed by atoms with van der Waals surface area (Å²) in [6.07, 6.45) is 4.79. The Balaban J connectivity index is 1.45. The number of hydrogen-bond donors (Lipinski definition) is 1. The number of nitrogens with one attached hydrogen (secondary N) is 1. The van der Waals surface area contributed by atoms with Crippen molar-refractivity contribution in [3.05, 3.63) is 22.4 Å². The molecule has 1 N–H and O–H groups in total. The summed E-state index contributed by atoms with van der Waals surface area (Å²) in [5.41, 5.74) is 1.67. The van der Waals surface area contributed by atoms with E-state index in [4.69, 9.17) is 4.74 Å². The van der Waals surface area contributed by atoms with Crippen LogP contribution in [-0.4, -0.2) is 36.3 Å². The van der Waals surface area contributed by atoms with Gasteiger partial charge in [-0.2, -0.15) is 23.1 Å². The van der Waals surface area contributed by atoms with Crippen LogP contribution in [0.2, 0.25) is 0 Å². The van der Waals surface area contributed by atoms with Gasteiger partial charge in [-0.1, -0.05) is 0 Å². The van der Waals surface area contributed by atoms with Gasteiger partial charge < -0.3 is 10.1 Å². The standard InChI is InChI=1S/C14H21NOS2/c1(12-3-7-17-10-12)5-15-13-2-6-16-14(9-13)4-8-18-11-14/h3,7,10,13,15H,1-2,4-6,8-9,11H2. The van der Waals surface area contributed by atoms with Gasteiger partial charge in [-0.15, -0.1) is 0 Å². The highest BCUT2D eigenvalue weighted by Crippen LogP contribution is 2.38. The Bertz CT molecular complexity index is 360. The van der Waals surface area contributed by atoms with E-state index in [1.165, 1.54) is 36.3 Å². The van der Waals surface area contributed by atoms with Gasteiger partial charge >= 0.3 is 0 Å². The third-order valence-corrected chi connectivity index (χ3v) is 5.94. The molecule has 3 heterocycles. The van der Waals surface area contributed by atoms with Gasteiger partial charge in [-0.25, -0.2) is 0 Å². The second kappa shape index (κ2) is 5.95. The largest absolute Gasteiger partial charge is 0.374 e. The molecule has 0 amide bonds. The third kappa shape index (κ3) is 3.10. The molecule has 0 bridgehead atoms. The van der Waals surface area contributed by atoms with E-state index in [2.05, 4.69) is 33.9 Å². The van der Waals surface area contributed by atoms with Crippen molar-refractivity contribution in [3.8, 4) is 0 Å². The van der Waals surface area contributed by atoms with Crippen molar-refractivity contribution >= 4 is 23.1 Å². The maximum Gasteiger partial charge on any atom is 0.0795 e. The molecule has 0 radical (unpaired) electrons. The van der Waals surface area contributed by atoms with Gasteiger partial charge in [0.15, 0.2) is 0 Å². The molecule has 2 unspecified atom stereocenters. The SMILES string of the molecule is c1cc(CCNC2CCOC3(CCSC3)C2)cs1. The van der Waals surface area contributed by atoms with Crippen molar-refractivity contribution in [1.82, 2.24) is 5.32 Å². The number of thiophene rings is 1. The highest BCUT2D eigenvalue weighted by molar-refractivity contribution is 7.99. The molecule has 1 aromatic rings. The molecular weight excluding hydrogens is 262 g/mol. The summed E-state index contributed by atoms with van der Waals surface area (Å²) in [5.74, 6) is 2.48. The highest BCUT2D eigenvalue weighted by atomic mass is 32.2. The van der Waals surface area contributed by atoms with Crippen LogP contribution >= 0.6 is 23.1 Å². The molecular formula is C14H21NOS2. The van der Waals surface area contributed by atoms with Crippen molar-refractivity contribution in [1.29, 1.82) is 0 Å². The molecule has 0 aliphatic carbocycles. The lowest BCUT2D eigenvalue weighted by atomic mass is 9.90. The zero-order chi connectivity index (χ0) is 12.3. The zero-order valence-electron chi connectivity index (χ0n) is 10.7. The van der Waals surface area contributed by atoms with E-state index in [9.17, 15) is 0 Å². The molecule has 18 heavy (non-hydrogen) atoms. The number of rotatable bonds is 4. The summed E-state index contributed by atoms with van der Waals surface area (Å²) in [6.45, 7) is 2.04. The lowest BCUT2D eigenvalue weighted by molar-refractivity contribution is -0.0699. The molecule has 3 rings (SSSR count). The molecule has 2 aliphatic heterocycles. The normalized spacial score (nSPS) is 32.1. The van der Waals surface area contributed by atoms with Crippen LogP contribution in [0, 0.1) is 0 Å². The fourth-order valence-corrected chi connectivity index (χ4v) is 5.00. The Hall–Kier alpha value is -0.0300. The van der Waals surface area contributed by atoms with E-state index in [0.717, 1.165) is 19.6 Å². The Kier molecular flexibility index (Phi) is 4.29. The number of ether oxygens (including phenoxy) is 1. The van der Waals surface area contributed by atoms with Crippen molar-refractivity contribution in [2.24, 2.45) is 0 Å². The Morgan fingerprint density at radius 2 is 2.50 bits per heavy atom. The zero-order valence-corrected chi connectivity index (χ0v) is 12.3. The second-order valence-electron chi connectivity index (χ2n) is 5.36. The van der Waals surface area contributed by atoms with Crippen molar-refractivity contribution in [2.45, 2.75) is 37.3 Å². The predicted molar refractivity (Wildman–Crippen MR) is 79.7 cm³/mol. The van der Waals surface area contributed by atoms with E-state index >= 15 is 0 Å². The van der Waals surface area contributed by atoms with Crippen molar-refractivity contribution in [2.75, 3.05) is 24.7 Å². The first kappa shape index (κ1) is 13.0. The molecule has 0 saturated carbocycles. The fraction of sp³-hybridized carbons (Fsp3) is 0.714. The minimum Gasteiger partial charge on any atom is -0.374 e. The highest BCUT2D eigenvalue weighted by Gasteiger charge is 2.40. The van der Waals surface area contributed by atoms with E-state index in [0.29, 0.717) is 6.04 Å². The quantitative estimate of drug-likeness (QED) is 0.918. The van der Waals surface area contributed by atoms with Gasteiger partial charge in [0.05, 0.1) is 5.60 Å². The minimum absolute atomic E-state index is 0.211. The van der Waals surface area contributed by atoms with E-state index in [1.807, 2.05) is 0 Å². The van der Waals surface area contributed by atoms with Crippen LogP contribution in [-0.2, 0) is 11.2 Å². The van der Waals surface area contributed by atoms with Crippen molar-refractivity contribution < 1.29 is 4.74 Å². The molecule has 2 atom stereocenters. The van der Waals surface area contributed by atoms with Crippen LogP contribution in [0.5, 0.6) is 0 Å². The summed E-state index contributed by atoms with van der Waals surface area (Å²) >= 11 is 3.84. The van der Waals surface area contributed by atoms with E-state index in [-0.39, 0.29) is 5.60 Å². The first-order chi connectivity index (χ1) is 8.86. The van der Waals surface area contributed by atoms with Gasteiger partial charge in [-0.05, 0) is 60.4 Å². The molecule has 1 spiro atoms. The summed E-state index contributed by atoms with van der Waals surface area (Å²) in [7, 11) is 0. The van der Waals surface area contributed by atoms with Gasteiger partial charge in [0.25, 0.3) is 0 Å². The third-order valence-electron chi connectivity index (χ3n) is 3.99. The minimum atomic E-state index is 0.211. The second-order valence-corrected chi connectivity index (χ2v) is 7.24. The fourth-order valence-electron chi connectivity index (χ4n) is 2.92. The topological polar surface area (TPSA) is 21.3 Å². The molecule has 1 aromatic heterocycles. The van der Waals surface area contributed by atoms with E-state index in [1.54, 1.807) is 11.3 Å². The van der Waals surface area contributed by atoms with Gasteiger partial charge in [0, 0.05) is 18.4 Å². The molecule has 4 heteroatoms. The first-order valence-corrected chi connectivity index (χ1v) is 8.92. The van der Waals surface area contributed by atoms with Crippen molar-refractivity contribution in [3.63, 3.8) is 0 Å². The summed E-state index contributed by atoms with van der Waals surface area (Å²) in [6, 6.07) is 2.89. The maximum absolute atomic E-state index is 6.05. The number of thioether (sulfide) groups is 1. The molecule has 2 aliphatic rings. The lowest BCUT2D eigenvalue weighted by Crippen LogP contribution is -2.47. The van der Waals surface area contributed by atoms with Crippen LogP contribution < -0.4 is 5.32 Å². The molecule has 2 saturated heterocycles. The van der Waals surface area contributed by atoms with Crippen LogP contribution in [0.3, 0.4) is 0 Å². The van der Waals surface area contributed by atoms with Crippen LogP contribution in [0.15, 0.2) is 16.8 Å². The predicted octanol–water partition coefficient (Wildman–Crippen LogP) is 2.93. The monoisotopic (exact) mass is 283 g/mol. The van der Waals surface area contributed by atoms with Crippen LogP contribution in [0.1, 0.15) is 24.8 Å². The van der Waals surface area contributed by atoms with E-state index < -0.39 is 0 Å². The maximum atomic E-state index is 6.05. The summed E-state index contributed by atoms with van der Waals surface area (Å²) in [5, 5.41) is 8.14. The average Bonchev–Trinajstić information content (AvgIpc) is 3.02. The van der Waals surface area contributed by atoms with Gasteiger partial charge in [-0.3, -0.25) is 0 Å². The Morgan fingerprint density at radius 1 is 1.50 bits per heavy atom. The molecule has 100 valence electrons. The summed E-state index contributed by atoms with van der Waals surface area (Å²) in [4.78, 5) is 0. The molecule has 0 aromatic carbocycles. The smallest absolute Gasteiger partial charge is 0.0795 e. The first-order valence-electron chi connectivity index (χ1n) is 6.83. The van der Waals surface area contributed by atoms with Crippen LogP contribution in [0.25, 0.3) is 0 Å². The number of hydrogen-bond acceptors (Lipinski definition) is 4. The lowest BCUT2D eigenvalue weighted by Gasteiger charge is -2.38. The Morgan fingerprint density at radius 3 is 3.28 bits per heavy atom. The summed E-state index contributed by atoms with van der Waals surface area (Å²) < 4.78 is 6.05.